The first-order chi connectivity index (χ1) is 10.6. The van der Waals surface area contributed by atoms with Crippen LogP contribution in [0.2, 0.25) is 0 Å². The van der Waals surface area contributed by atoms with Crippen molar-refractivity contribution >= 4 is 17.9 Å². The second kappa shape index (κ2) is 10.3. The van der Waals surface area contributed by atoms with Gasteiger partial charge in [-0.05, 0) is 31.1 Å². The van der Waals surface area contributed by atoms with Crippen molar-refractivity contribution in [1.82, 2.24) is 0 Å². The van der Waals surface area contributed by atoms with Gasteiger partial charge in [-0.25, -0.2) is 0 Å². The number of allylic oxidation sites excluding steroid dienone is 1. The minimum absolute atomic E-state index is 0. The topological polar surface area (TPSA) is 37.3 Å². The number of carbonyl (C=O) groups excluding carboxylic acids is 1. The van der Waals surface area contributed by atoms with Crippen LogP contribution in [0.15, 0.2) is 72.8 Å². The number of carbonyl (C=O) groups is 1. The lowest BCUT2D eigenvalue weighted by molar-refractivity contribution is -0.112. The van der Waals surface area contributed by atoms with Gasteiger partial charge in [0.1, 0.15) is 0 Å². The average Bonchev–Trinajstić information content (AvgIpc) is 2.53. The summed E-state index contributed by atoms with van der Waals surface area (Å²) in [6.07, 6.45) is 6.67. The van der Waals surface area contributed by atoms with Crippen molar-refractivity contribution in [1.29, 1.82) is 0 Å². The van der Waals surface area contributed by atoms with Gasteiger partial charge in [0.15, 0.2) is 5.78 Å². The molecular weight excluding hydrogens is 272 g/mol. The molecule has 0 bridgehead atoms. The van der Waals surface area contributed by atoms with E-state index in [2.05, 4.69) is 0 Å². The van der Waals surface area contributed by atoms with E-state index in [1.54, 1.807) is 26.0 Å². The van der Waals surface area contributed by atoms with Crippen LogP contribution in [0.3, 0.4) is 0 Å². The summed E-state index contributed by atoms with van der Waals surface area (Å²) in [4.78, 5) is 10.5. The van der Waals surface area contributed by atoms with E-state index in [0.29, 0.717) is 0 Å². The van der Waals surface area contributed by atoms with E-state index in [4.69, 9.17) is 5.11 Å². The molecule has 1 atom stereocenters. The Bertz CT molecular complexity index is 602. The zero-order valence-corrected chi connectivity index (χ0v) is 13.0. The predicted octanol–water partition coefficient (Wildman–Crippen LogP) is 4.62. The van der Waals surface area contributed by atoms with Crippen molar-refractivity contribution in [2.75, 3.05) is 0 Å². The summed E-state index contributed by atoms with van der Waals surface area (Å²) in [7, 11) is 0. The van der Waals surface area contributed by atoms with Gasteiger partial charge in [-0.2, -0.15) is 0 Å². The predicted molar refractivity (Wildman–Crippen MR) is 95.4 cm³/mol. The second-order valence-corrected chi connectivity index (χ2v) is 4.87. The first-order valence-electron chi connectivity index (χ1n) is 7.23. The van der Waals surface area contributed by atoms with Crippen molar-refractivity contribution in [2.45, 2.75) is 20.0 Å². The third kappa shape index (κ3) is 8.67. The number of hydrogen-bond donors (Lipinski definition) is 1. The molecule has 2 heteroatoms. The monoisotopic (exact) mass is 296 g/mol. The molecule has 0 aromatic heterocycles. The van der Waals surface area contributed by atoms with Gasteiger partial charge in [0, 0.05) is 1.43 Å². The zero-order valence-electron chi connectivity index (χ0n) is 13.0. The molecule has 0 amide bonds. The summed E-state index contributed by atoms with van der Waals surface area (Å²) in [5.74, 6) is 0.0776. The highest BCUT2D eigenvalue weighted by Gasteiger charge is 1.86. The van der Waals surface area contributed by atoms with Gasteiger partial charge in [-0.3, -0.25) is 4.79 Å². The molecule has 0 aliphatic heterocycles. The van der Waals surface area contributed by atoms with Crippen LogP contribution in [0, 0.1) is 0 Å². The summed E-state index contributed by atoms with van der Waals surface area (Å²) in [6.45, 7) is 3.28. The SMILES string of the molecule is CC(=O)/C=C/c1ccccc1.CC(O)/C=C/c1ccccc1.[HH]. The molecule has 0 radical (unpaired) electrons. The van der Waals surface area contributed by atoms with Gasteiger partial charge in [-0.1, -0.05) is 78.9 Å². The minimum Gasteiger partial charge on any atom is -0.389 e. The molecule has 1 unspecified atom stereocenters. The molecule has 2 rings (SSSR count). The normalized spacial score (nSPS) is 12.0. The molecule has 2 aromatic carbocycles. The van der Waals surface area contributed by atoms with Crippen LogP contribution in [0.25, 0.3) is 12.2 Å². The van der Waals surface area contributed by atoms with Crippen LogP contribution in [0.4, 0.5) is 0 Å². The molecule has 0 aliphatic carbocycles. The number of hydrogen-bond acceptors (Lipinski definition) is 2. The molecule has 2 aromatic rings. The number of aliphatic hydroxyl groups is 1. The van der Waals surface area contributed by atoms with Crippen LogP contribution >= 0.6 is 0 Å². The zero-order chi connectivity index (χ0) is 16.2. The lowest BCUT2D eigenvalue weighted by Gasteiger charge is -1.93. The summed E-state index contributed by atoms with van der Waals surface area (Å²) < 4.78 is 0. The molecule has 116 valence electrons. The van der Waals surface area contributed by atoms with E-state index in [0.717, 1.165) is 11.1 Å². The van der Waals surface area contributed by atoms with Crippen molar-refractivity contribution in [2.24, 2.45) is 0 Å². The number of rotatable bonds is 4. The molecule has 0 saturated heterocycles. The van der Waals surface area contributed by atoms with Crippen molar-refractivity contribution in [3.63, 3.8) is 0 Å². The fourth-order valence-electron chi connectivity index (χ4n) is 1.59. The smallest absolute Gasteiger partial charge is 0.152 e. The second-order valence-electron chi connectivity index (χ2n) is 4.87. The van der Waals surface area contributed by atoms with E-state index < -0.39 is 0 Å². The molecule has 0 heterocycles. The molecule has 0 aliphatic rings. The molecule has 22 heavy (non-hydrogen) atoms. The third-order valence-electron chi connectivity index (χ3n) is 2.68. The fourth-order valence-corrected chi connectivity index (χ4v) is 1.59. The fraction of sp³-hybridized carbons (Fsp3) is 0.150. The van der Waals surface area contributed by atoms with Crippen LogP contribution in [-0.2, 0) is 4.79 Å². The van der Waals surface area contributed by atoms with Gasteiger partial charge in [0.2, 0.25) is 0 Å². The van der Waals surface area contributed by atoms with Crippen LogP contribution in [0.1, 0.15) is 26.4 Å². The highest BCUT2D eigenvalue weighted by molar-refractivity contribution is 5.91. The Labute approximate surface area is 133 Å². The summed E-state index contributed by atoms with van der Waals surface area (Å²) in [5, 5.41) is 8.93. The molecule has 0 spiro atoms. The quantitative estimate of drug-likeness (QED) is 0.836. The maximum atomic E-state index is 10.5. The van der Waals surface area contributed by atoms with Crippen molar-refractivity contribution in [3.8, 4) is 0 Å². The van der Waals surface area contributed by atoms with Gasteiger partial charge in [0.25, 0.3) is 0 Å². The molecule has 0 fully saturated rings. The van der Waals surface area contributed by atoms with E-state index in [1.807, 2.05) is 72.8 Å². The summed E-state index contributed by atoms with van der Waals surface area (Å²) >= 11 is 0. The largest absolute Gasteiger partial charge is 0.389 e. The Morgan fingerprint density at radius 2 is 1.41 bits per heavy atom. The average molecular weight is 296 g/mol. The van der Waals surface area contributed by atoms with Gasteiger partial charge >= 0.3 is 0 Å². The standard InChI is InChI=1S/C10H12O.C10H10O.H2/c2*1-9(11)7-8-10-5-3-2-4-6-10;/h2-9,11H,1H3;2-8H,1H3;1H/b2*8-7+;. The highest BCUT2D eigenvalue weighted by Crippen LogP contribution is 2.01. The van der Waals surface area contributed by atoms with Crippen molar-refractivity contribution in [3.05, 3.63) is 83.9 Å². The maximum Gasteiger partial charge on any atom is 0.152 e. The summed E-state index contributed by atoms with van der Waals surface area (Å²) in [5.41, 5.74) is 2.18. The van der Waals surface area contributed by atoms with Crippen molar-refractivity contribution < 1.29 is 11.3 Å². The van der Waals surface area contributed by atoms with E-state index in [1.165, 1.54) is 0 Å². The first kappa shape index (κ1) is 17.6. The third-order valence-corrected chi connectivity index (χ3v) is 2.68. The van der Waals surface area contributed by atoms with E-state index >= 15 is 0 Å². The lowest BCUT2D eigenvalue weighted by atomic mass is 10.2. The maximum absolute atomic E-state index is 10.5. The Morgan fingerprint density at radius 1 is 0.955 bits per heavy atom. The minimum atomic E-state index is -0.366. The van der Waals surface area contributed by atoms with E-state index in [-0.39, 0.29) is 13.3 Å². The number of benzene rings is 2. The Balaban J connectivity index is 0.000000403. The van der Waals surface area contributed by atoms with Crippen LogP contribution in [0.5, 0.6) is 0 Å². The molecule has 0 saturated carbocycles. The number of aliphatic hydroxyl groups excluding tert-OH is 1. The first-order valence-corrected chi connectivity index (χ1v) is 7.23. The molecular formula is C20H24O2. The van der Waals surface area contributed by atoms with E-state index in [9.17, 15) is 4.79 Å². The van der Waals surface area contributed by atoms with Gasteiger partial charge in [-0.15, -0.1) is 0 Å². The molecule has 1 N–H and O–H groups in total. The Morgan fingerprint density at radius 3 is 1.82 bits per heavy atom. The van der Waals surface area contributed by atoms with Crippen LogP contribution < -0.4 is 0 Å². The number of ketones is 1. The van der Waals surface area contributed by atoms with Gasteiger partial charge in [0.05, 0.1) is 6.10 Å². The lowest BCUT2D eigenvalue weighted by Crippen LogP contribution is -1.90. The van der Waals surface area contributed by atoms with Gasteiger partial charge < -0.3 is 5.11 Å². The Kier molecular flexibility index (Phi) is 8.24. The Hall–Kier alpha value is -2.45. The van der Waals surface area contributed by atoms with Crippen LogP contribution in [-0.4, -0.2) is 17.0 Å². The highest BCUT2D eigenvalue weighted by atomic mass is 16.3. The summed E-state index contributed by atoms with van der Waals surface area (Å²) in [6, 6.07) is 19.7. The molecule has 2 nitrogen and oxygen atoms in total.